The summed E-state index contributed by atoms with van der Waals surface area (Å²) in [6.45, 7) is 0. The maximum Gasteiger partial charge on any atom is 0.341 e. The van der Waals surface area contributed by atoms with Crippen molar-refractivity contribution in [2.24, 2.45) is 0 Å². The van der Waals surface area contributed by atoms with Crippen LogP contribution in [0.2, 0.25) is 0 Å². The second-order valence-electron chi connectivity index (χ2n) is 5.79. The number of carbonyl (C=O) groups is 2. The third-order valence-electron chi connectivity index (χ3n) is 4.53. The summed E-state index contributed by atoms with van der Waals surface area (Å²) >= 11 is 1.56. The maximum absolute atomic E-state index is 12.7. The van der Waals surface area contributed by atoms with Crippen LogP contribution in [0, 0.1) is 0 Å². The number of amides is 1. The molecule has 0 saturated carbocycles. The molecule has 5 heteroatoms. The molecule has 1 spiro atoms. The predicted octanol–water partition coefficient (Wildman–Crippen LogP) is 3.46. The van der Waals surface area contributed by atoms with E-state index in [1.54, 1.807) is 11.3 Å². The summed E-state index contributed by atoms with van der Waals surface area (Å²) in [6.07, 6.45) is 0.385. The summed E-state index contributed by atoms with van der Waals surface area (Å²) in [6, 6.07) is 15.2. The Kier molecular flexibility index (Phi) is 2.35. The highest BCUT2D eigenvalue weighted by Gasteiger charge is 2.54. The molecule has 1 atom stereocenters. The number of hydrogen-bond acceptors (Lipinski definition) is 4. The molecule has 1 N–H and O–H groups in total. The normalized spacial score (nSPS) is 21.9. The minimum Gasteiger partial charge on any atom is -0.440 e. The maximum atomic E-state index is 12.7. The Morgan fingerprint density at radius 2 is 1.83 bits per heavy atom. The monoisotopic (exact) mass is 321 g/mol. The SMILES string of the molecule is O=C1O[C@@]2(Cc3sc4ccccc4c31)C(=O)Nc1ccccc12. The van der Waals surface area contributed by atoms with E-state index in [-0.39, 0.29) is 5.91 Å². The Bertz CT molecular complexity index is 1010. The van der Waals surface area contributed by atoms with Crippen molar-refractivity contribution in [3.05, 3.63) is 64.5 Å². The van der Waals surface area contributed by atoms with E-state index in [1.807, 2.05) is 48.5 Å². The number of thiophene rings is 1. The summed E-state index contributed by atoms with van der Waals surface area (Å²) < 4.78 is 6.76. The molecule has 0 unspecified atom stereocenters. The average molecular weight is 321 g/mol. The second-order valence-corrected chi connectivity index (χ2v) is 6.93. The van der Waals surface area contributed by atoms with Crippen LogP contribution in [-0.4, -0.2) is 11.9 Å². The summed E-state index contributed by atoms with van der Waals surface area (Å²) in [4.78, 5) is 26.2. The smallest absolute Gasteiger partial charge is 0.341 e. The molecule has 2 aromatic carbocycles. The van der Waals surface area contributed by atoms with Crippen molar-refractivity contribution in [1.29, 1.82) is 0 Å². The quantitative estimate of drug-likeness (QED) is 0.645. The van der Waals surface area contributed by atoms with Gasteiger partial charge in [0, 0.05) is 32.6 Å². The van der Waals surface area contributed by atoms with Gasteiger partial charge < -0.3 is 10.1 Å². The molecule has 3 aromatic rings. The van der Waals surface area contributed by atoms with Crippen LogP contribution in [0.25, 0.3) is 10.1 Å². The molecule has 112 valence electrons. The number of carbonyl (C=O) groups excluding carboxylic acids is 2. The van der Waals surface area contributed by atoms with Gasteiger partial charge in [-0.2, -0.15) is 0 Å². The number of rotatable bonds is 0. The summed E-state index contributed by atoms with van der Waals surface area (Å²) in [5, 5.41) is 3.73. The minimum atomic E-state index is -1.23. The topological polar surface area (TPSA) is 55.4 Å². The van der Waals surface area contributed by atoms with Crippen molar-refractivity contribution in [3.8, 4) is 0 Å². The van der Waals surface area contributed by atoms with Crippen LogP contribution in [0.4, 0.5) is 5.69 Å². The number of para-hydroxylation sites is 1. The van der Waals surface area contributed by atoms with Crippen LogP contribution in [0.1, 0.15) is 20.8 Å². The third-order valence-corrected chi connectivity index (χ3v) is 5.70. The van der Waals surface area contributed by atoms with E-state index in [2.05, 4.69) is 5.32 Å². The fraction of sp³-hybridized carbons (Fsp3) is 0.111. The van der Waals surface area contributed by atoms with Gasteiger partial charge >= 0.3 is 5.97 Å². The molecule has 0 radical (unpaired) electrons. The molecule has 0 saturated heterocycles. The van der Waals surface area contributed by atoms with E-state index in [4.69, 9.17) is 4.74 Å². The van der Waals surface area contributed by atoms with E-state index in [0.29, 0.717) is 12.0 Å². The van der Waals surface area contributed by atoms with Gasteiger partial charge in [-0.15, -0.1) is 11.3 Å². The van der Waals surface area contributed by atoms with Gasteiger partial charge in [-0.1, -0.05) is 36.4 Å². The van der Waals surface area contributed by atoms with Gasteiger partial charge in [0.25, 0.3) is 5.91 Å². The van der Waals surface area contributed by atoms with Crippen LogP contribution in [-0.2, 0) is 21.6 Å². The molecule has 0 aliphatic carbocycles. The van der Waals surface area contributed by atoms with E-state index in [0.717, 1.165) is 26.2 Å². The summed E-state index contributed by atoms with van der Waals surface area (Å²) in [7, 11) is 0. The fourth-order valence-corrected chi connectivity index (χ4v) is 4.75. The molecule has 3 heterocycles. The first-order chi connectivity index (χ1) is 11.2. The van der Waals surface area contributed by atoms with Crippen molar-refractivity contribution >= 4 is 39.0 Å². The average Bonchev–Trinajstić information content (AvgIpc) is 3.04. The Balaban J connectivity index is 1.75. The number of ether oxygens (including phenoxy) is 1. The lowest BCUT2D eigenvalue weighted by atomic mass is 9.87. The number of fused-ring (bicyclic) bond motifs is 5. The highest BCUT2D eigenvalue weighted by Crippen LogP contribution is 2.47. The lowest BCUT2D eigenvalue weighted by molar-refractivity contribution is -0.135. The standard InChI is InChI=1S/C18H11NO3S/c20-16-15-10-5-1-4-8-13(10)23-14(15)9-18(22-16)11-6-2-3-7-12(11)19-17(18)21/h1-8H,9H2,(H,19,21)/t18-/m1/s1. The van der Waals surface area contributed by atoms with Gasteiger partial charge in [0.2, 0.25) is 5.60 Å². The van der Waals surface area contributed by atoms with Crippen molar-refractivity contribution in [2.45, 2.75) is 12.0 Å². The number of hydrogen-bond donors (Lipinski definition) is 1. The Labute approximate surface area is 135 Å². The van der Waals surface area contributed by atoms with Crippen LogP contribution >= 0.6 is 11.3 Å². The first-order valence-electron chi connectivity index (χ1n) is 7.34. The zero-order valence-corrected chi connectivity index (χ0v) is 12.8. The van der Waals surface area contributed by atoms with Gasteiger partial charge in [-0.05, 0) is 12.1 Å². The molecule has 2 aliphatic heterocycles. The minimum absolute atomic E-state index is 0.268. The fourth-order valence-electron chi connectivity index (χ4n) is 3.48. The third kappa shape index (κ3) is 1.55. The van der Waals surface area contributed by atoms with E-state index < -0.39 is 11.6 Å². The van der Waals surface area contributed by atoms with Crippen molar-refractivity contribution < 1.29 is 14.3 Å². The number of esters is 1. The van der Waals surface area contributed by atoms with Crippen LogP contribution in [0.15, 0.2) is 48.5 Å². The number of nitrogens with one attached hydrogen (secondary N) is 1. The lowest BCUT2D eigenvalue weighted by Gasteiger charge is -2.31. The highest BCUT2D eigenvalue weighted by molar-refractivity contribution is 7.19. The zero-order chi connectivity index (χ0) is 15.6. The van der Waals surface area contributed by atoms with E-state index in [1.165, 1.54) is 0 Å². The van der Waals surface area contributed by atoms with Crippen LogP contribution in [0.5, 0.6) is 0 Å². The molecule has 0 bridgehead atoms. The van der Waals surface area contributed by atoms with Gasteiger partial charge in [0.1, 0.15) is 0 Å². The summed E-state index contributed by atoms with van der Waals surface area (Å²) in [5.41, 5.74) is 0.825. The first kappa shape index (κ1) is 12.8. The molecule has 1 amide bonds. The van der Waals surface area contributed by atoms with Gasteiger partial charge in [0.15, 0.2) is 0 Å². The molecular formula is C18H11NO3S. The van der Waals surface area contributed by atoms with Crippen molar-refractivity contribution in [2.75, 3.05) is 5.32 Å². The number of benzene rings is 2. The molecule has 23 heavy (non-hydrogen) atoms. The molecular weight excluding hydrogens is 310 g/mol. The molecule has 1 aromatic heterocycles. The van der Waals surface area contributed by atoms with Gasteiger partial charge in [0.05, 0.1) is 5.56 Å². The number of anilines is 1. The van der Waals surface area contributed by atoms with Crippen LogP contribution < -0.4 is 5.32 Å². The Morgan fingerprint density at radius 3 is 2.74 bits per heavy atom. The molecule has 0 fully saturated rings. The van der Waals surface area contributed by atoms with Crippen molar-refractivity contribution in [3.63, 3.8) is 0 Å². The molecule has 5 rings (SSSR count). The molecule has 4 nitrogen and oxygen atoms in total. The Hall–Kier alpha value is -2.66. The van der Waals surface area contributed by atoms with E-state index >= 15 is 0 Å². The predicted molar refractivity (Wildman–Crippen MR) is 87.7 cm³/mol. The zero-order valence-electron chi connectivity index (χ0n) is 12.0. The lowest BCUT2D eigenvalue weighted by Crippen LogP contribution is -2.44. The molecule has 2 aliphatic rings. The largest absolute Gasteiger partial charge is 0.440 e. The highest BCUT2D eigenvalue weighted by atomic mass is 32.1. The summed E-state index contributed by atoms with van der Waals surface area (Å²) in [5.74, 6) is -0.689. The second kappa shape index (κ2) is 4.20. The first-order valence-corrected chi connectivity index (χ1v) is 8.15. The Morgan fingerprint density at radius 1 is 1.04 bits per heavy atom. The van der Waals surface area contributed by atoms with Crippen molar-refractivity contribution in [1.82, 2.24) is 0 Å². The van der Waals surface area contributed by atoms with E-state index in [9.17, 15) is 9.59 Å². The van der Waals surface area contributed by atoms with Crippen LogP contribution in [0.3, 0.4) is 0 Å². The van der Waals surface area contributed by atoms with Gasteiger partial charge in [-0.25, -0.2) is 4.79 Å². The van der Waals surface area contributed by atoms with Gasteiger partial charge in [-0.3, -0.25) is 4.79 Å².